The van der Waals surface area contributed by atoms with Gasteiger partial charge in [0.1, 0.15) is 0 Å². The third kappa shape index (κ3) is 3.50. The Bertz CT molecular complexity index is 481. The van der Waals surface area contributed by atoms with Crippen LogP contribution in [0.3, 0.4) is 0 Å². The van der Waals surface area contributed by atoms with Crippen molar-refractivity contribution in [3.05, 3.63) is 18.5 Å². The van der Waals surface area contributed by atoms with Crippen LogP contribution in [0.4, 0.5) is 0 Å². The lowest BCUT2D eigenvalue weighted by atomic mass is 10.0. The summed E-state index contributed by atoms with van der Waals surface area (Å²) in [5.74, 6) is 0.904. The number of likely N-dealkylation sites (tertiary alicyclic amines) is 1. The van der Waals surface area contributed by atoms with Crippen LogP contribution < -0.4 is 0 Å². The Morgan fingerprint density at radius 3 is 2.59 bits per heavy atom. The van der Waals surface area contributed by atoms with Crippen molar-refractivity contribution in [3.63, 3.8) is 0 Å². The second-order valence-electron chi connectivity index (χ2n) is 6.62. The Hall–Kier alpha value is -1.40. The molecule has 3 rings (SSSR count). The fourth-order valence-electron chi connectivity index (χ4n) is 3.75. The normalized spacial score (nSPS) is 27.5. The van der Waals surface area contributed by atoms with Crippen molar-refractivity contribution in [1.29, 1.82) is 0 Å². The minimum atomic E-state index is 0.208. The number of carbonyl (C=O) groups excluding carboxylic acids is 1. The molecule has 1 aromatic rings. The highest BCUT2D eigenvalue weighted by atomic mass is 16.2. The Labute approximate surface area is 132 Å². The molecule has 2 aliphatic heterocycles. The second-order valence-corrected chi connectivity index (χ2v) is 6.62. The molecule has 2 unspecified atom stereocenters. The lowest BCUT2D eigenvalue weighted by molar-refractivity contribution is -0.130. The van der Waals surface area contributed by atoms with Crippen molar-refractivity contribution in [3.8, 4) is 0 Å². The third-order valence-electron chi connectivity index (χ3n) is 5.08. The van der Waals surface area contributed by atoms with Gasteiger partial charge in [-0.1, -0.05) is 6.92 Å². The van der Waals surface area contributed by atoms with Crippen LogP contribution in [0.15, 0.2) is 18.5 Å². The number of amides is 1. The van der Waals surface area contributed by atoms with Gasteiger partial charge in [-0.2, -0.15) is 5.10 Å². The summed E-state index contributed by atoms with van der Waals surface area (Å²) in [6.07, 6.45) is 3.86. The molecule has 2 fully saturated rings. The second kappa shape index (κ2) is 6.79. The molecule has 0 spiro atoms. The van der Waals surface area contributed by atoms with Crippen LogP contribution in [0.5, 0.6) is 0 Å². The van der Waals surface area contributed by atoms with Gasteiger partial charge in [-0.25, -0.2) is 0 Å². The number of piperazine rings is 1. The molecule has 2 atom stereocenters. The molecule has 22 heavy (non-hydrogen) atoms. The van der Waals surface area contributed by atoms with E-state index in [1.165, 1.54) is 6.54 Å². The summed E-state index contributed by atoms with van der Waals surface area (Å²) in [5, 5.41) is 4.27. The average Bonchev–Trinajstić information content (AvgIpc) is 3.14. The van der Waals surface area contributed by atoms with E-state index in [-0.39, 0.29) is 5.91 Å². The zero-order chi connectivity index (χ0) is 15.5. The molecule has 1 aromatic heterocycles. The fraction of sp³-hybridized carbons (Fsp3) is 0.750. The van der Waals surface area contributed by atoms with E-state index in [0.29, 0.717) is 12.0 Å². The zero-order valence-electron chi connectivity index (χ0n) is 13.7. The number of aromatic nitrogens is 2. The first-order valence-electron chi connectivity index (χ1n) is 8.33. The molecular weight excluding hydrogens is 278 g/mol. The third-order valence-corrected chi connectivity index (χ3v) is 5.08. The molecule has 0 aliphatic carbocycles. The van der Waals surface area contributed by atoms with Gasteiger partial charge < -0.3 is 4.90 Å². The zero-order valence-corrected chi connectivity index (χ0v) is 13.7. The highest BCUT2D eigenvalue weighted by molar-refractivity contribution is 5.73. The predicted molar refractivity (Wildman–Crippen MR) is 85.4 cm³/mol. The molecular formula is C16H27N5O. The van der Waals surface area contributed by atoms with Crippen molar-refractivity contribution in [1.82, 2.24) is 24.5 Å². The Morgan fingerprint density at radius 2 is 1.95 bits per heavy atom. The summed E-state index contributed by atoms with van der Waals surface area (Å²) < 4.78 is 2.00. The topological polar surface area (TPSA) is 44.6 Å². The number of hydrogen-bond acceptors (Lipinski definition) is 4. The van der Waals surface area contributed by atoms with Crippen molar-refractivity contribution in [2.24, 2.45) is 5.92 Å². The summed E-state index contributed by atoms with van der Waals surface area (Å²) in [5.41, 5.74) is 0. The molecule has 2 saturated heterocycles. The quantitative estimate of drug-likeness (QED) is 0.806. The van der Waals surface area contributed by atoms with E-state index >= 15 is 0 Å². The van der Waals surface area contributed by atoms with Gasteiger partial charge in [-0.3, -0.25) is 19.3 Å². The molecule has 0 N–H and O–H groups in total. The summed E-state index contributed by atoms with van der Waals surface area (Å²) in [4.78, 5) is 18.5. The van der Waals surface area contributed by atoms with Gasteiger partial charge in [0.25, 0.3) is 0 Å². The van der Waals surface area contributed by atoms with Gasteiger partial charge in [0.15, 0.2) is 0 Å². The molecule has 3 heterocycles. The van der Waals surface area contributed by atoms with E-state index in [1.54, 1.807) is 6.92 Å². The summed E-state index contributed by atoms with van der Waals surface area (Å²) in [6.45, 7) is 12.2. The van der Waals surface area contributed by atoms with Gasteiger partial charge in [-0.15, -0.1) is 0 Å². The fourth-order valence-corrected chi connectivity index (χ4v) is 3.75. The van der Waals surface area contributed by atoms with E-state index in [4.69, 9.17) is 0 Å². The summed E-state index contributed by atoms with van der Waals surface area (Å²) >= 11 is 0. The maximum Gasteiger partial charge on any atom is 0.219 e. The first-order chi connectivity index (χ1) is 10.6. The van der Waals surface area contributed by atoms with E-state index in [1.807, 2.05) is 28.0 Å². The molecule has 0 radical (unpaired) electrons. The van der Waals surface area contributed by atoms with E-state index in [0.717, 1.165) is 45.8 Å². The van der Waals surface area contributed by atoms with E-state index in [9.17, 15) is 4.79 Å². The van der Waals surface area contributed by atoms with Gasteiger partial charge in [0.2, 0.25) is 5.91 Å². The maximum absolute atomic E-state index is 11.4. The Kier molecular flexibility index (Phi) is 4.78. The van der Waals surface area contributed by atoms with Crippen LogP contribution in [0.25, 0.3) is 0 Å². The van der Waals surface area contributed by atoms with E-state index in [2.05, 4.69) is 21.8 Å². The summed E-state index contributed by atoms with van der Waals surface area (Å²) in [7, 11) is 0. The highest BCUT2D eigenvalue weighted by Crippen LogP contribution is 2.23. The molecule has 0 aromatic carbocycles. The smallest absolute Gasteiger partial charge is 0.219 e. The molecule has 1 amide bonds. The van der Waals surface area contributed by atoms with Crippen molar-refractivity contribution in [2.45, 2.75) is 26.4 Å². The van der Waals surface area contributed by atoms with Crippen LogP contribution in [0.2, 0.25) is 0 Å². The molecule has 2 aliphatic rings. The van der Waals surface area contributed by atoms with Gasteiger partial charge in [-0.05, 0) is 12.0 Å². The highest BCUT2D eigenvalue weighted by Gasteiger charge is 2.35. The van der Waals surface area contributed by atoms with Crippen molar-refractivity contribution < 1.29 is 4.79 Å². The van der Waals surface area contributed by atoms with Crippen molar-refractivity contribution >= 4 is 5.91 Å². The van der Waals surface area contributed by atoms with Gasteiger partial charge >= 0.3 is 0 Å². The lowest BCUT2D eigenvalue weighted by Gasteiger charge is -2.39. The van der Waals surface area contributed by atoms with Crippen LogP contribution in [-0.4, -0.2) is 82.2 Å². The average molecular weight is 305 g/mol. The molecule has 0 saturated carbocycles. The number of carbonyl (C=O) groups is 1. The maximum atomic E-state index is 11.4. The first-order valence-corrected chi connectivity index (χ1v) is 8.33. The Morgan fingerprint density at radius 1 is 1.18 bits per heavy atom. The number of nitrogens with zero attached hydrogens (tertiary/aromatic N) is 5. The number of rotatable bonds is 4. The summed E-state index contributed by atoms with van der Waals surface area (Å²) in [6, 6.07) is 2.61. The molecule has 122 valence electrons. The van der Waals surface area contributed by atoms with Crippen LogP contribution >= 0.6 is 0 Å². The standard InChI is InChI=1S/C16H27N5O/c1-14-12-18(6-11-21-5-3-4-17-21)13-16(14)20-9-7-19(8-10-20)15(2)22/h3-5,14,16H,6-13H2,1-2H3. The van der Waals surface area contributed by atoms with E-state index < -0.39 is 0 Å². The lowest BCUT2D eigenvalue weighted by Crippen LogP contribution is -2.53. The largest absolute Gasteiger partial charge is 0.340 e. The van der Waals surface area contributed by atoms with Crippen LogP contribution in [-0.2, 0) is 11.3 Å². The predicted octanol–water partition coefficient (Wildman–Crippen LogP) is 0.368. The van der Waals surface area contributed by atoms with Crippen molar-refractivity contribution in [2.75, 3.05) is 45.8 Å². The molecule has 6 heteroatoms. The minimum absolute atomic E-state index is 0.208. The monoisotopic (exact) mass is 305 g/mol. The molecule has 6 nitrogen and oxygen atoms in total. The minimum Gasteiger partial charge on any atom is -0.340 e. The van der Waals surface area contributed by atoms with Crippen LogP contribution in [0, 0.1) is 5.92 Å². The Balaban J connectivity index is 1.48. The molecule has 0 bridgehead atoms. The first kappa shape index (κ1) is 15.5. The van der Waals surface area contributed by atoms with Gasteiger partial charge in [0.05, 0.1) is 6.54 Å². The van der Waals surface area contributed by atoms with Crippen LogP contribution in [0.1, 0.15) is 13.8 Å². The van der Waals surface area contributed by atoms with Gasteiger partial charge in [0, 0.05) is 71.2 Å². The SMILES string of the molecule is CC(=O)N1CCN(C2CN(CCn3cccn3)CC2C)CC1. The number of hydrogen-bond donors (Lipinski definition) is 0.